The molecule has 0 saturated carbocycles. The molecule has 70 heavy (non-hydrogen) atoms. The summed E-state index contributed by atoms with van der Waals surface area (Å²) >= 11 is 0. The summed E-state index contributed by atoms with van der Waals surface area (Å²) in [5, 5.41) is 13.3. The number of aryl methyl sites for hydroxylation is 2. The van der Waals surface area contributed by atoms with E-state index in [1.807, 2.05) is 36.4 Å². The molecule has 10 rings (SSSR count). The highest BCUT2D eigenvalue weighted by atomic mass is 16.4. The number of unbranched alkanes of at least 4 members (excludes halogenated alkanes) is 2. The minimum Gasteiger partial charge on any atom is -0.481 e. The number of aromatic nitrogens is 3. The van der Waals surface area contributed by atoms with Gasteiger partial charge in [0.1, 0.15) is 7.05 Å². The maximum atomic E-state index is 11.4. The quantitative estimate of drug-likeness (QED) is 0.0602. The number of nitrogens with zero attached hydrogens (tertiary/aromatic N) is 5. The van der Waals surface area contributed by atoms with Crippen molar-refractivity contribution < 1.29 is 14.5 Å². The average Bonchev–Trinajstić information content (AvgIpc) is 3.73. The second-order valence-corrected chi connectivity index (χ2v) is 20.8. The third-order valence-electron chi connectivity index (χ3n) is 15.4. The Hall–Kier alpha value is -6.93. The molecular weight excluding hydrogens is 861 g/mol. The number of benzene rings is 3. The largest absolute Gasteiger partial charge is 0.481 e. The van der Waals surface area contributed by atoms with Crippen LogP contribution in [0.25, 0.3) is 33.9 Å². The van der Waals surface area contributed by atoms with Gasteiger partial charge < -0.3 is 15.3 Å². The Kier molecular flexibility index (Phi) is 13.2. The standard InChI is InChI=1S/C62H66N6O2/c1-61(2)56(67(5)54-32-28-44-17-8-10-19-48(44)59(54)61)34-30-47(31-35-57-62(3,4)60-49-20-11-9-18-45(49)29-33-55(60)68(57)38-16-6-7-23-58(69)70)65-41-42-24-26-43(27-25-42)46-39-52(50-21-12-14-36-63-50)66-53(40-46)51-22-13-15-37-64-51/h12-15,21-22,24-37,39-40,65H,6-11,16-20,23,38,41H2,1-5H3/p+1. The number of aliphatic carboxylic acids is 1. The smallest absolute Gasteiger partial charge is 0.303 e. The van der Waals surface area contributed by atoms with Crippen LogP contribution < -0.4 is 10.2 Å². The molecule has 8 nitrogen and oxygen atoms in total. The van der Waals surface area contributed by atoms with Crippen molar-refractivity contribution in [1.82, 2.24) is 20.3 Å². The van der Waals surface area contributed by atoms with Gasteiger partial charge in [0, 0.05) is 72.1 Å². The molecule has 0 bridgehead atoms. The van der Waals surface area contributed by atoms with Crippen LogP contribution in [0.15, 0.2) is 145 Å². The molecule has 8 heteroatoms. The summed E-state index contributed by atoms with van der Waals surface area (Å²) in [4.78, 5) is 28.2. The lowest BCUT2D eigenvalue weighted by molar-refractivity contribution is -0.401. The summed E-state index contributed by atoms with van der Waals surface area (Å²) in [6, 6.07) is 34.4. The minimum atomic E-state index is -0.721. The number of hydrogen-bond donors (Lipinski definition) is 2. The molecule has 2 N–H and O–H groups in total. The molecular formula is C62H67N6O2+. The van der Waals surface area contributed by atoms with Crippen molar-refractivity contribution in [2.24, 2.45) is 0 Å². The zero-order chi connectivity index (χ0) is 48.4. The van der Waals surface area contributed by atoms with Gasteiger partial charge in [-0.15, -0.1) is 0 Å². The SMILES string of the molecule is C[N+]1=C(/C=C/C(=C/C=C2\N(CCCCCC(=O)O)c3ccc4c(c3C2(C)C)CCCC4)NCc2ccc(-c3cc(-c4ccccn4)nc(-c4ccccn4)c3)cc2)C(C)(C)c2c1ccc1c2CCCC1. The third-order valence-corrected chi connectivity index (χ3v) is 15.4. The Morgan fingerprint density at radius 3 is 2.00 bits per heavy atom. The number of fused-ring (bicyclic) bond motifs is 6. The van der Waals surface area contributed by atoms with Gasteiger partial charge in [-0.2, -0.15) is 4.58 Å². The number of allylic oxidation sites excluding steroid dienone is 5. The van der Waals surface area contributed by atoms with E-state index in [0.29, 0.717) is 13.0 Å². The molecule has 3 aromatic heterocycles. The molecule has 0 saturated heterocycles. The van der Waals surface area contributed by atoms with Crippen molar-refractivity contribution in [3.05, 3.63) is 184 Å². The third kappa shape index (κ3) is 9.28. The summed E-state index contributed by atoms with van der Waals surface area (Å²) < 4.78 is 2.42. The van der Waals surface area contributed by atoms with Crippen LogP contribution in [0.3, 0.4) is 0 Å². The molecule has 6 aromatic rings. The maximum absolute atomic E-state index is 11.4. The lowest BCUT2D eigenvalue weighted by Crippen LogP contribution is -2.28. The zero-order valence-corrected chi connectivity index (χ0v) is 41.7. The van der Waals surface area contributed by atoms with Crippen LogP contribution in [-0.4, -0.2) is 49.9 Å². The maximum Gasteiger partial charge on any atom is 0.303 e. The minimum absolute atomic E-state index is 0.145. The molecule has 2 aliphatic heterocycles. The van der Waals surface area contributed by atoms with Gasteiger partial charge in [-0.05, 0) is 183 Å². The van der Waals surface area contributed by atoms with E-state index in [1.165, 1.54) is 88.3 Å². The molecule has 0 atom stereocenters. The Balaban J connectivity index is 0.992. The van der Waals surface area contributed by atoms with E-state index < -0.39 is 5.97 Å². The summed E-state index contributed by atoms with van der Waals surface area (Å²) in [6.45, 7) is 11.1. The van der Waals surface area contributed by atoms with Gasteiger partial charge >= 0.3 is 5.97 Å². The molecule has 0 amide bonds. The topological polar surface area (TPSA) is 94.2 Å². The molecule has 0 fully saturated rings. The Morgan fingerprint density at radius 1 is 0.714 bits per heavy atom. The molecule has 0 unspecified atom stereocenters. The van der Waals surface area contributed by atoms with Crippen LogP contribution in [0.5, 0.6) is 0 Å². The Bertz CT molecular complexity index is 3000. The monoisotopic (exact) mass is 928 g/mol. The molecule has 356 valence electrons. The number of pyridine rings is 3. The number of carbonyl (C=O) groups is 1. The number of rotatable bonds is 15. The van der Waals surface area contributed by atoms with E-state index in [9.17, 15) is 9.90 Å². The summed E-state index contributed by atoms with van der Waals surface area (Å²) in [5.74, 6) is -0.721. The number of anilines is 1. The molecule has 5 heterocycles. The molecule has 0 radical (unpaired) electrons. The van der Waals surface area contributed by atoms with E-state index in [0.717, 1.165) is 78.2 Å². The highest BCUT2D eigenvalue weighted by Gasteiger charge is 2.46. The highest BCUT2D eigenvalue weighted by Crippen LogP contribution is 2.51. The van der Waals surface area contributed by atoms with Crippen molar-refractivity contribution in [3.63, 3.8) is 0 Å². The molecule has 3 aromatic carbocycles. The zero-order valence-electron chi connectivity index (χ0n) is 41.7. The van der Waals surface area contributed by atoms with Crippen LogP contribution in [0, 0.1) is 0 Å². The normalized spacial score (nSPS) is 17.4. The van der Waals surface area contributed by atoms with Crippen LogP contribution in [0.1, 0.15) is 118 Å². The first kappa shape index (κ1) is 46.8. The van der Waals surface area contributed by atoms with Gasteiger partial charge in [-0.1, -0.05) is 68.8 Å². The summed E-state index contributed by atoms with van der Waals surface area (Å²) in [6.07, 6.45) is 25.2. The fraction of sp³-hybridized carbons (Fsp3) is 0.339. The first-order valence-electron chi connectivity index (χ1n) is 25.7. The van der Waals surface area contributed by atoms with Crippen LogP contribution in [0.4, 0.5) is 11.4 Å². The van der Waals surface area contributed by atoms with Crippen molar-refractivity contribution in [3.8, 4) is 33.9 Å². The van der Waals surface area contributed by atoms with Crippen LogP contribution in [-0.2, 0) is 47.9 Å². The van der Waals surface area contributed by atoms with Crippen molar-refractivity contribution in [2.45, 2.75) is 122 Å². The second kappa shape index (κ2) is 19.8. The second-order valence-electron chi connectivity index (χ2n) is 20.8. The highest BCUT2D eigenvalue weighted by molar-refractivity contribution is 6.03. The Morgan fingerprint density at radius 2 is 1.36 bits per heavy atom. The van der Waals surface area contributed by atoms with Gasteiger partial charge in [-0.25, -0.2) is 4.98 Å². The lowest BCUT2D eigenvalue weighted by Gasteiger charge is -2.28. The van der Waals surface area contributed by atoms with E-state index in [4.69, 9.17) is 4.98 Å². The van der Waals surface area contributed by atoms with Gasteiger partial charge in [0.15, 0.2) is 5.71 Å². The predicted molar refractivity (Wildman–Crippen MR) is 285 cm³/mol. The molecule has 4 aliphatic rings. The van der Waals surface area contributed by atoms with E-state index in [1.54, 1.807) is 18.0 Å². The lowest BCUT2D eigenvalue weighted by atomic mass is 9.75. The number of nitrogens with one attached hydrogen (secondary N) is 1. The van der Waals surface area contributed by atoms with E-state index >= 15 is 0 Å². The van der Waals surface area contributed by atoms with E-state index in [2.05, 4.69) is 144 Å². The first-order valence-corrected chi connectivity index (χ1v) is 25.7. The molecule has 0 spiro atoms. The fourth-order valence-electron chi connectivity index (χ4n) is 11.9. The number of carboxylic acid groups (broad SMARTS) is 1. The predicted octanol–water partition coefficient (Wildman–Crippen LogP) is 13.2. The van der Waals surface area contributed by atoms with Crippen molar-refractivity contribution in [1.29, 1.82) is 0 Å². The number of hydrogen-bond acceptors (Lipinski definition) is 6. The Labute approximate surface area is 414 Å². The number of carboxylic acids is 1. The summed E-state index contributed by atoms with van der Waals surface area (Å²) in [5.41, 5.74) is 21.6. The fourth-order valence-corrected chi connectivity index (χ4v) is 11.9. The van der Waals surface area contributed by atoms with Crippen LogP contribution in [0.2, 0.25) is 0 Å². The van der Waals surface area contributed by atoms with Gasteiger partial charge in [0.25, 0.3) is 0 Å². The van der Waals surface area contributed by atoms with Gasteiger partial charge in [-0.3, -0.25) is 14.8 Å². The van der Waals surface area contributed by atoms with Crippen molar-refractivity contribution in [2.75, 3.05) is 18.5 Å². The van der Waals surface area contributed by atoms with E-state index in [-0.39, 0.29) is 17.3 Å². The first-order chi connectivity index (χ1) is 34.0. The van der Waals surface area contributed by atoms with Gasteiger partial charge in [0.2, 0.25) is 5.69 Å². The van der Waals surface area contributed by atoms with Crippen LogP contribution >= 0.6 is 0 Å². The average molecular weight is 928 g/mol. The van der Waals surface area contributed by atoms with Gasteiger partial charge in [0.05, 0.1) is 28.2 Å². The summed E-state index contributed by atoms with van der Waals surface area (Å²) in [7, 11) is 2.23. The molecule has 2 aliphatic carbocycles. The van der Waals surface area contributed by atoms with Crippen molar-refractivity contribution >= 4 is 23.1 Å².